The number of rotatable bonds is 9. The van der Waals surface area contributed by atoms with Crippen molar-refractivity contribution in [2.24, 2.45) is 0 Å². The second-order valence-corrected chi connectivity index (χ2v) is 7.32. The van der Waals surface area contributed by atoms with Crippen LogP contribution in [0.5, 0.6) is 17.2 Å². The highest BCUT2D eigenvalue weighted by Gasteiger charge is 2.13. The van der Waals surface area contributed by atoms with Gasteiger partial charge in [0.15, 0.2) is 18.1 Å². The van der Waals surface area contributed by atoms with Crippen molar-refractivity contribution in [3.05, 3.63) is 87.3 Å². The molecule has 0 saturated heterocycles. The fourth-order valence-corrected chi connectivity index (χ4v) is 3.14. The molecule has 0 radical (unpaired) electrons. The molecule has 6 nitrogen and oxygen atoms in total. The summed E-state index contributed by atoms with van der Waals surface area (Å²) in [6.07, 6.45) is 1.70. The summed E-state index contributed by atoms with van der Waals surface area (Å²) in [6.45, 7) is 6.50. The van der Waals surface area contributed by atoms with Gasteiger partial charge in [0.1, 0.15) is 18.1 Å². The average molecular weight is 421 g/mol. The number of pyridine rings is 1. The summed E-state index contributed by atoms with van der Waals surface area (Å²) in [6, 6.07) is 14.3. The molecule has 0 spiro atoms. The first kappa shape index (κ1) is 22.2. The van der Waals surface area contributed by atoms with Crippen LogP contribution in [-0.4, -0.2) is 30.7 Å². The van der Waals surface area contributed by atoms with Gasteiger partial charge in [0.2, 0.25) is 5.43 Å². The Bertz CT molecular complexity index is 1120. The molecule has 0 bridgehead atoms. The topological polar surface area (TPSA) is 66.8 Å². The van der Waals surface area contributed by atoms with Gasteiger partial charge in [-0.05, 0) is 62.2 Å². The van der Waals surface area contributed by atoms with E-state index < -0.39 is 0 Å². The van der Waals surface area contributed by atoms with Gasteiger partial charge in [0.25, 0.3) is 0 Å². The first-order valence-electron chi connectivity index (χ1n) is 10.1. The lowest BCUT2D eigenvalue weighted by Crippen LogP contribution is -2.20. The van der Waals surface area contributed by atoms with E-state index in [0.29, 0.717) is 24.4 Å². The zero-order chi connectivity index (χ0) is 22.4. The van der Waals surface area contributed by atoms with E-state index in [1.54, 1.807) is 26.3 Å². The number of nitrogens with zero attached hydrogens (tertiary/aromatic N) is 1. The number of benzene rings is 2. The van der Waals surface area contributed by atoms with Crippen molar-refractivity contribution in [2.45, 2.75) is 27.3 Å². The van der Waals surface area contributed by atoms with Crippen molar-refractivity contribution in [1.29, 1.82) is 0 Å². The van der Waals surface area contributed by atoms with Crippen LogP contribution in [0.1, 0.15) is 27.2 Å². The monoisotopic (exact) mass is 421 g/mol. The summed E-state index contributed by atoms with van der Waals surface area (Å²) in [4.78, 5) is 24.8. The smallest absolute Gasteiger partial charge is 0.223 e. The first-order chi connectivity index (χ1) is 14.9. The molecule has 0 unspecified atom stereocenters. The van der Waals surface area contributed by atoms with Gasteiger partial charge in [0, 0.05) is 17.8 Å². The van der Waals surface area contributed by atoms with E-state index >= 15 is 0 Å². The molecule has 6 heteroatoms. The summed E-state index contributed by atoms with van der Waals surface area (Å²) >= 11 is 0. The third-order valence-corrected chi connectivity index (χ3v) is 5.23. The molecule has 0 amide bonds. The van der Waals surface area contributed by atoms with Crippen molar-refractivity contribution >= 4 is 5.78 Å². The fraction of sp³-hybridized carbons (Fsp3) is 0.280. The Balaban J connectivity index is 1.63. The number of hydrogen-bond donors (Lipinski definition) is 0. The van der Waals surface area contributed by atoms with Crippen molar-refractivity contribution in [1.82, 2.24) is 4.57 Å². The van der Waals surface area contributed by atoms with E-state index in [2.05, 4.69) is 0 Å². The maximum absolute atomic E-state index is 12.5. The summed E-state index contributed by atoms with van der Waals surface area (Å²) in [5, 5.41) is 0. The van der Waals surface area contributed by atoms with Crippen LogP contribution < -0.4 is 19.6 Å². The largest absolute Gasteiger partial charge is 0.497 e. The molecule has 0 aliphatic rings. The van der Waals surface area contributed by atoms with Crippen LogP contribution in [-0.2, 0) is 6.54 Å². The van der Waals surface area contributed by atoms with Gasteiger partial charge in [-0.1, -0.05) is 12.1 Å². The fourth-order valence-electron chi connectivity index (χ4n) is 3.14. The molecule has 1 aromatic heterocycles. The Morgan fingerprint density at radius 2 is 1.61 bits per heavy atom. The van der Waals surface area contributed by atoms with E-state index in [1.165, 1.54) is 6.07 Å². The summed E-state index contributed by atoms with van der Waals surface area (Å²) in [7, 11) is 1.62. The quantitative estimate of drug-likeness (QED) is 0.486. The molecule has 0 aliphatic heterocycles. The Labute approximate surface area is 182 Å². The van der Waals surface area contributed by atoms with Gasteiger partial charge in [-0.2, -0.15) is 0 Å². The highest BCUT2D eigenvalue weighted by Crippen LogP contribution is 2.18. The summed E-state index contributed by atoms with van der Waals surface area (Å²) < 4.78 is 18.4. The number of aryl methyl sites for hydroxylation is 2. The molecule has 0 fully saturated rings. The van der Waals surface area contributed by atoms with E-state index in [9.17, 15) is 9.59 Å². The van der Waals surface area contributed by atoms with Crippen molar-refractivity contribution < 1.29 is 19.0 Å². The number of methoxy groups -OCH3 is 1. The molecule has 0 N–H and O–H groups in total. The highest BCUT2D eigenvalue weighted by atomic mass is 16.5. The minimum absolute atomic E-state index is 0.167. The minimum atomic E-state index is -0.252. The molecule has 0 saturated carbocycles. The standard InChI is InChI=1S/C25H27NO5/c1-17-5-6-20(15-18(17)2)24(28)16-31-25-19(3)26(12-11-23(25)27)13-14-30-22-9-7-21(29-4)8-10-22/h5-12,15H,13-14,16H2,1-4H3. The molecule has 0 atom stereocenters. The van der Waals surface area contributed by atoms with Crippen LogP contribution in [0.4, 0.5) is 0 Å². The molecule has 3 aromatic rings. The number of ketones is 1. The molecule has 0 aliphatic carbocycles. The number of aromatic nitrogens is 1. The van der Waals surface area contributed by atoms with Crippen LogP contribution >= 0.6 is 0 Å². The highest BCUT2D eigenvalue weighted by molar-refractivity contribution is 5.97. The van der Waals surface area contributed by atoms with Crippen LogP contribution in [0, 0.1) is 20.8 Å². The maximum atomic E-state index is 12.5. The molecule has 3 rings (SSSR count). The Morgan fingerprint density at radius 1 is 0.903 bits per heavy atom. The summed E-state index contributed by atoms with van der Waals surface area (Å²) in [5.41, 5.74) is 3.14. The van der Waals surface area contributed by atoms with Crippen LogP contribution in [0.2, 0.25) is 0 Å². The molecule has 162 valence electrons. The molecule has 2 aromatic carbocycles. The maximum Gasteiger partial charge on any atom is 0.223 e. The average Bonchev–Trinajstić information content (AvgIpc) is 2.77. The van der Waals surface area contributed by atoms with Crippen LogP contribution in [0.15, 0.2) is 59.5 Å². The number of carbonyl (C=O) groups excluding carboxylic acids is 1. The number of hydrogen-bond acceptors (Lipinski definition) is 5. The van der Waals surface area contributed by atoms with Gasteiger partial charge in [-0.3, -0.25) is 9.59 Å². The minimum Gasteiger partial charge on any atom is -0.497 e. The molecular formula is C25H27NO5. The second kappa shape index (κ2) is 9.98. The lowest BCUT2D eigenvalue weighted by molar-refractivity contribution is 0.0919. The third-order valence-electron chi connectivity index (χ3n) is 5.23. The lowest BCUT2D eigenvalue weighted by Gasteiger charge is -2.15. The van der Waals surface area contributed by atoms with Gasteiger partial charge in [-0.15, -0.1) is 0 Å². The van der Waals surface area contributed by atoms with E-state index in [4.69, 9.17) is 14.2 Å². The molecular weight excluding hydrogens is 394 g/mol. The van der Waals surface area contributed by atoms with Crippen molar-refractivity contribution in [2.75, 3.05) is 20.3 Å². The summed E-state index contributed by atoms with van der Waals surface area (Å²) in [5.74, 6) is 1.51. The lowest BCUT2D eigenvalue weighted by atomic mass is 10.0. The number of Topliss-reactive ketones (excluding diaryl/α,β-unsaturated/α-hetero) is 1. The second-order valence-electron chi connectivity index (χ2n) is 7.32. The van der Waals surface area contributed by atoms with Gasteiger partial charge in [-0.25, -0.2) is 0 Å². The Morgan fingerprint density at radius 3 is 2.29 bits per heavy atom. The zero-order valence-electron chi connectivity index (χ0n) is 18.3. The predicted octanol–water partition coefficient (Wildman–Crippen LogP) is 4.12. The third kappa shape index (κ3) is 5.54. The SMILES string of the molecule is COc1ccc(OCCn2ccc(=O)c(OCC(=O)c3ccc(C)c(C)c3)c2C)cc1. The normalized spacial score (nSPS) is 10.6. The van der Waals surface area contributed by atoms with E-state index in [1.807, 2.05) is 54.8 Å². The first-order valence-corrected chi connectivity index (χ1v) is 10.1. The van der Waals surface area contributed by atoms with E-state index in [-0.39, 0.29) is 23.6 Å². The molecule has 31 heavy (non-hydrogen) atoms. The Kier molecular flexibility index (Phi) is 7.13. The van der Waals surface area contributed by atoms with Gasteiger partial charge < -0.3 is 18.8 Å². The zero-order valence-corrected chi connectivity index (χ0v) is 18.3. The van der Waals surface area contributed by atoms with Crippen molar-refractivity contribution in [3.63, 3.8) is 0 Å². The molecule has 1 heterocycles. The van der Waals surface area contributed by atoms with E-state index in [0.717, 1.165) is 22.6 Å². The van der Waals surface area contributed by atoms with Gasteiger partial charge >= 0.3 is 0 Å². The number of ether oxygens (including phenoxy) is 3. The van der Waals surface area contributed by atoms with Crippen LogP contribution in [0.25, 0.3) is 0 Å². The predicted molar refractivity (Wildman–Crippen MR) is 120 cm³/mol. The van der Waals surface area contributed by atoms with Crippen LogP contribution in [0.3, 0.4) is 0 Å². The van der Waals surface area contributed by atoms with Crippen molar-refractivity contribution in [3.8, 4) is 17.2 Å². The number of carbonyl (C=O) groups is 1. The Hall–Kier alpha value is -3.54. The van der Waals surface area contributed by atoms with Gasteiger partial charge in [0.05, 0.1) is 19.3 Å².